The van der Waals surface area contributed by atoms with Crippen molar-refractivity contribution in [3.63, 3.8) is 0 Å². The molecule has 1 fully saturated rings. The molecule has 1 aromatic carbocycles. The average Bonchev–Trinajstić information content (AvgIpc) is 3.15. The normalized spacial score (nSPS) is 20.8. The van der Waals surface area contributed by atoms with E-state index in [4.69, 9.17) is 0 Å². The van der Waals surface area contributed by atoms with Crippen LogP contribution in [0.4, 0.5) is 5.69 Å². The van der Waals surface area contributed by atoms with E-state index in [2.05, 4.69) is 18.3 Å². The summed E-state index contributed by atoms with van der Waals surface area (Å²) in [6, 6.07) is 6.47. The Morgan fingerprint density at radius 1 is 1.29 bits per heavy atom. The van der Waals surface area contributed by atoms with E-state index in [0.29, 0.717) is 6.54 Å². The quantitative estimate of drug-likeness (QED) is 0.930. The highest BCUT2D eigenvalue weighted by molar-refractivity contribution is 7.93. The lowest BCUT2D eigenvalue weighted by atomic mass is 10.0. The van der Waals surface area contributed by atoms with Crippen LogP contribution in [0.15, 0.2) is 18.2 Å². The van der Waals surface area contributed by atoms with Crippen LogP contribution >= 0.6 is 0 Å². The van der Waals surface area contributed by atoms with Gasteiger partial charge in [-0.2, -0.15) is 0 Å². The molecule has 0 radical (unpaired) electrons. The van der Waals surface area contributed by atoms with Gasteiger partial charge in [-0.05, 0) is 50.4 Å². The summed E-state index contributed by atoms with van der Waals surface area (Å²) in [6.45, 7) is 2.72. The minimum Gasteiger partial charge on any atom is -0.313 e. The van der Waals surface area contributed by atoms with Gasteiger partial charge in [0.2, 0.25) is 10.0 Å². The molecule has 0 aromatic heterocycles. The summed E-state index contributed by atoms with van der Waals surface area (Å²) >= 11 is 0. The molecule has 5 heteroatoms. The summed E-state index contributed by atoms with van der Waals surface area (Å²) in [4.78, 5) is 0. The van der Waals surface area contributed by atoms with Crippen LogP contribution in [0.2, 0.25) is 0 Å². The second kappa shape index (κ2) is 5.61. The van der Waals surface area contributed by atoms with E-state index in [9.17, 15) is 8.42 Å². The van der Waals surface area contributed by atoms with Gasteiger partial charge in [0.25, 0.3) is 0 Å². The summed E-state index contributed by atoms with van der Waals surface area (Å²) in [5.74, 6) is 0. The molecule has 1 aromatic rings. The number of hydrogen-bond donors (Lipinski definition) is 1. The molecule has 1 aliphatic heterocycles. The third-order valence-electron chi connectivity index (χ3n) is 4.92. The van der Waals surface area contributed by atoms with E-state index in [-0.39, 0.29) is 11.3 Å². The predicted molar refractivity (Wildman–Crippen MR) is 86.1 cm³/mol. The third kappa shape index (κ3) is 2.57. The first-order chi connectivity index (χ1) is 10.0. The summed E-state index contributed by atoms with van der Waals surface area (Å²) in [6.07, 6.45) is 4.56. The number of sulfonamides is 1. The van der Waals surface area contributed by atoms with Crippen molar-refractivity contribution >= 4 is 15.7 Å². The number of benzene rings is 1. The van der Waals surface area contributed by atoms with Gasteiger partial charge in [0.15, 0.2) is 0 Å². The lowest BCUT2D eigenvalue weighted by molar-refractivity contribution is 0.576. The minimum absolute atomic E-state index is 0.167. The summed E-state index contributed by atoms with van der Waals surface area (Å²) in [5, 5.41) is 3.06. The van der Waals surface area contributed by atoms with Crippen molar-refractivity contribution in [2.75, 3.05) is 17.9 Å². The fourth-order valence-corrected chi connectivity index (χ4v) is 5.54. The van der Waals surface area contributed by atoms with E-state index in [1.165, 1.54) is 5.56 Å². The Bertz CT molecular complexity index is 621. The fraction of sp³-hybridized carbons (Fsp3) is 0.625. The van der Waals surface area contributed by atoms with Crippen LogP contribution < -0.4 is 9.62 Å². The predicted octanol–water partition coefficient (Wildman–Crippen LogP) is 2.60. The van der Waals surface area contributed by atoms with Crippen LogP contribution in [-0.2, 0) is 16.4 Å². The van der Waals surface area contributed by atoms with Crippen LogP contribution in [0.25, 0.3) is 0 Å². The van der Waals surface area contributed by atoms with Gasteiger partial charge >= 0.3 is 0 Å². The zero-order valence-electron chi connectivity index (χ0n) is 12.8. The molecule has 1 saturated carbocycles. The minimum atomic E-state index is -3.17. The van der Waals surface area contributed by atoms with Crippen LogP contribution in [0.3, 0.4) is 0 Å². The van der Waals surface area contributed by atoms with Crippen molar-refractivity contribution in [2.24, 2.45) is 0 Å². The number of hydrogen-bond acceptors (Lipinski definition) is 3. The molecule has 3 rings (SSSR count). The maximum atomic E-state index is 12.8. The average molecular weight is 308 g/mol. The lowest BCUT2D eigenvalue weighted by Crippen LogP contribution is -2.36. The Morgan fingerprint density at radius 2 is 2.00 bits per heavy atom. The first-order valence-electron chi connectivity index (χ1n) is 7.85. The van der Waals surface area contributed by atoms with Crippen molar-refractivity contribution in [1.29, 1.82) is 0 Å². The molecule has 0 saturated heterocycles. The second-order valence-electron chi connectivity index (χ2n) is 6.17. The number of fused-ring (bicyclic) bond motifs is 1. The van der Waals surface area contributed by atoms with Crippen molar-refractivity contribution < 1.29 is 8.42 Å². The monoisotopic (exact) mass is 308 g/mol. The molecule has 1 atom stereocenters. The molecule has 1 aliphatic carbocycles. The molecule has 0 amide bonds. The molecular formula is C16H24N2O2S. The van der Waals surface area contributed by atoms with Gasteiger partial charge in [-0.1, -0.05) is 25.0 Å². The summed E-state index contributed by atoms with van der Waals surface area (Å²) < 4.78 is 27.2. The largest absolute Gasteiger partial charge is 0.313 e. The number of rotatable bonds is 4. The van der Waals surface area contributed by atoms with Crippen LogP contribution in [-0.4, -0.2) is 27.3 Å². The van der Waals surface area contributed by atoms with Gasteiger partial charge < -0.3 is 5.32 Å². The van der Waals surface area contributed by atoms with Crippen LogP contribution in [0.1, 0.15) is 49.8 Å². The molecule has 4 nitrogen and oxygen atoms in total. The number of nitrogens with one attached hydrogen (secondary N) is 1. The second-order valence-corrected chi connectivity index (χ2v) is 8.31. The zero-order chi connectivity index (χ0) is 15.0. The zero-order valence-corrected chi connectivity index (χ0v) is 13.6. The van der Waals surface area contributed by atoms with Crippen molar-refractivity contribution in [3.05, 3.63) is 29.3 Å². The van der Waals surface area contributed by atoms with Gasteiger partial charge in [0.05, 0.1) is 10.9 Å². The standard InChI is InChI=1S/C16H24N2O2S/c1-12(17-2)13-7-8-16-14(11-13)9-10-18(16)21(19,20)15-5-3-4-6-15/h7-8,11-12,15,17H,3-6,9-10H2,1-2H3. The Labute approximate surface area is 127 Å². The Balaban J connectivity index is 1.90. The van der Waals surface area contributed by atoms with Crippen molar-refractivity contribution in [1.82, 2.24) is 5.32 Å². The summed E-state index contributed by atoms with van der Waals surface area (Å²) in [7, 11) is -1.23. The maximum Gasteiger partial charge on any atom is 0.238 e. The highest BCUT2D eigenvalue weighted by atomic mass is 32.2. The Hall–Kier alpha value is -1.07. The molecule has 1 unspecified atom stereocenters. The smallest absolute Gasteiger partial charge is 0.238 e. The highest BCUT2D eigenvalue weighted by Crippen LogP contribution is 2.36. The Kier molecular flexibility index (Phi) is 3.97. The highest BCUT2D eigenvalue weighted by Gasteiger charge is 2.37. The van der Waals surface area contributed by atoms with Crippen molar-refractivity contribution in [2.45, 2.75) is 50.3 Å². The van der Waals surface area contributed by atoms with Crippen molar-refractivity contribution in [3.8, 4) is 0 Å². The van der Waals surface area contributed by atoms with Crippen LogP contribution in [0.5, 0.6) is 0 Å². The summed E-state index contributed by atoms with van der Waals surface area (Å²) in [5.41, 5.74) is 3.28. The maximum absolute atomic E-state index is 12.8. The molecule has 1 N–H and O–H groups in total. The number of nitrogens with zero attached hydrogens (tertiary/aromatic N) is 1. The van der Waals surface area contributed by atoms with Gasteiger partial charge in [-0.3, -0.25) is 4.31 Å². The fourth-order valence-electron chi connectivity index (χ4n) is 3.46. The van der Waals surface area contributed by atoms with Crippen LogP contribution in [0, 0.1) is 0 Å². The first kappa shape index (κ1) is 14.9. The first-order valence-corrected chi connectivity index (χ1v) is 9.36. The van der Waals surface area contributed by atoms with E-state index >= 15 is 0 Å². The van der Waals surface area contributed by atoms with Gasteiger partial charge in [-0.25, -0.2) is 8.42 Å². The molecule has 0 spiro atoms. The van der Waals surface area contributed by atoms with Gasteiger partial charge in [0, 0.05) is 12.6 Å². The lowest BCUT2D eigenvalue weighted by Gasteiger charge is -2.24. The molecule has 1 heterocycles. The topological polar surface area (TPSA) is 49.4 Å². The molecular weight excluding hydrogens is 284 g/mol. The molecule has 21 heavy (non-hydrogen) atoms. The van der Waals surface area contributed by atoms with Gasteiger partial charge in [0.1, 0.15) is 0 Å². The SMILES string of the molecule is CNC(C)c1ccc2c(c1)CCN2S(=O)(=O)C1CCCC1. The third-order valence-corrected chi connectivity index (χ3v) is 7.23. The van der Waals surface area contributed by atoms with E-state index < -0.39 is 10.0 Å². The van der Waals surface area contributed by atoms with E-state index in [1.807, 2.05) is 19.2 Å². The number of anilines is 1. The van der Waals surface area contributed by atoms with E-state index in [0.717, 1.165) is 43.4 Å². The molecule has 116 valence electrons. The van der Waals surface area contributed by atoms with E-state index in [1.54, 1.807) is 4.31 Å². The Morgan fingerprint density at radius 3 is 2.67 bits per heavy atom. The molecule has 0 bridgehead atoms. The van der Waals surface area contributed by atoms with Gasteiger partial charge in [-0.15, -0.1) is 0 Å². The molecule has 2 aliphatic rings.